The van der Waals surface area contributed by atoms with Gasteiger partial charge < -0.3 is 5.32 Å². The fourth-order valence-corrected chi connectivity index (χ4v) is 3.23. The van der Waals surface area contributed by atoms with Gasteiger partial charge in [0.05, 0.1) is 0 Å². The Morgan fingerprint density at radius 1 is 1.16 bits per heavy atom. The molecule has 1 saturated carbocycles. The first-order valence-corrected chi connectivity index (χ1v) is 7.23. The fraction of sp³-hybridized carbons (Fsp3) is 0.647. The van der Waals surface area contributed by atoms with Crippen LogP contribution in [0.4, 0.5) is 4.39 Å². The molecule has 0 amide bonds. The van der Waals surface area contributed by atoms with Crippen molar-refractivity contribution in [2.45, 2.75) is 47.1 Å². The zero-order chi connectivity index (χ0) is 14.3. The molecular weight excluding hydrogens is 237 g/mol. The van der Waals surface area contributed by atoms with Crippen molar-refractivity contribution in [1.82, 2.24) is 5.32 Å². The molecule has 1 aromatic carbocycles. The van der Waals surface area contributed by atoms with Crippen LogP contribution in [0.2, 0.25) is 0 Å². The van der Waals surface area contributed by atoms with E-state index in [1.54, 1.807) is 6.07 Å². The Bertz CT molecular complexity index is 436. The van der Waals surface area contributed by atoms with Gasteiger partial charge in [-0.05, 0) is 48.3 Å². The number of hydrogen-bond donors (Lipinski definition) is 1. The normalized spacial score (nSPS) is 22.2. The van der Waals surface area contributed by atoms with Crippen molar-refractivity contribution in [3.63, 3.8) is 0 Å². The van der Waals surface area contributed by atoms with Gasteiger partial charge in [-0.2, -0.15) is 0 Å². The summed E-state index contributed by atoms with van der Waals surface area (Å²) in [6, 6.07) is 7.36. The second kappa shape index (κ2) is 4.90. The lowest BCUT2D eigenvalue weighted by Gasteiger charge is -2.15. The summed E-state index contributed by atoms with van der Waals surface area (Å²) in [5, 5.41) is 3.56. The fourth-order valence-electron chi connectivity index (χ4n) is 3.23. The highest BCUT2D eigenvalue weighted by Gasteiger charge is 2.63. The summed E-state index contributed by atoms with van der Waals surface area (Å²) in [5.41, 5.74) is 1.63. The SMILES string of the molecule is CC(Cc1ccccc1F)NCC1C(C)(C)C1(C)C. The predicted octanol–water partition coefficient (Wildman–Crippen LogP) is 4.03. The quantitative estimate of drug-likeness (QED) is 0.845. The van der Waals surface area contributed by atoms with Crippen molar-refractivity contribution in [3.05, 3.63) is 35.6 Å². The molecule has 1 aliphatic carbocycles. The van der Waals surface area contributed by atoms with Crippen LogP contribution < -0.4 is 5.32 Å². The summed E-state index contributed by atoms with van der Waals surface area (Å²) in [6.45, 7) is 12.5. The van der Waals surface area contributed by atoms with Crippen LogP contribution in [0.3, 0.4) is 0 Å². The second-order valence-corrected chi connectivity index (χ2v) is 7.10. The van der Waals surface area contributed by atoms with Crippen molar-refractivity contribution in [2.24, 2.45) is 16.7 Å². The molecule has 2 heteroatoms. The maximum absolute atomic E-state index is 13.6. The third-order valence-corrected chi connectivity index (χ3v) is 5.47. The third kappa shape index (κ3) is 2.69. The molecule has 1 N–H and O–H groups in total. The van der Waals surface area contributed by atoms with E-state index < -0.39 is 0 Å². The Balaban J connectivity index is 1.84. The van der Waals surface area contributed by atoms with Gasteiger partial charge in [-0.25, -0.2) is 4.39 Å². The van der Waals surface area contributed by atoms with Crippen LogP contribution in [0, 0.1) is 22.6 Å². The van der Waals surface area contributed by atoms with E-state index in [2.05, 4.69) is 39.9 Å². The van der Waals surface area contributed by atoms with Crippen molar-refractivity contribution in [1.29, 1.82) is 0 Å². The minimum absolute atomic E-state index is 0.0942. The second-order valence-electron chi connectivity index (χ2n) is 7.10. The Morgan fingerprint density at radius 3 is 2.26 bits per heavy atom. The zero-order valence-corrected chi connectivity index (χ0v) is 12.8. The highest BCUT2D eigenvalue weighted by Crippen LogP contribution is 2.67. The van der Waals surface area contributed by atoms with Gasteiger partial charge in [-0.15, -0.1) is 0 Å². The van der Waals surface area contributed by atoms with E-state index in [1.165, 1.54) is 6.07 Å². The van der Waals surface area contributed by atoms with E-state index >= 15 is 0 Å². The van der Waals surface area contributed by atoms with Crippen LogP contribution >= 0.6 is 0 Å². The van der Waals surface area contributed by atoms with Crippen molar-refractivity contribution < 1.29 is 4.39 Å². The summed E-state index contributed by atoms with van der Waals surface area (Å²) in [5.74, 6) is 0.617. The average Bonchev–Trinajstić information content (AvgIpc) is 2.70. The lowest BCUT2D eigenvalue weighted by atomic mass is 10.0. The molecule has 0 aliphatic heterocycles. The Labute approximate surface area is 116 Å². The van der Waals surface area contributed by atoms with E-state index in [-0.39, 0.29) is 5.82 Å². The van der Waals surface area contributed by atoms with Crippen LogP contribution in [0.1, 0.15) is 40.2 Å². The molecule has 106 valence electrons. The van der Waals surface area contributed by atoms with Crippen molar-refractivity contribution in [3.8, 4) is 0 Å². The Morgan fingerprint density at radius 2 is 1.74 bits per heavy atom. The lowest BCUT2D eigenvalue weighted by molar-refractivity contribution is 0.457. The molecule has 0 aromatic heterocycles. The number of benzene rings is 1. The minimum atomic E-state index is -0.0942. The average molecular weight is 263 g/mol. The van der Waals surface area contributed by atoms with Crippen molar-refractivity contribution >= 4 is 0 Å². The molecule has 0 heterocycles. The van der Waals surface area contributed by atoms with Crippen LogP contribution in [0.5, 0.6) is 0 Å². The number of hydrogen-bond acceptors (Lipinski definition) is 1. The third-order valence-electron chi connectivity index (χ3n) is 5.47. The van der Waals surface area contributed by atoms with Gasteiger partial charge in [0.25, 0.3) is 0 Å². The minimum Gasteiger partial charge on any atom is -0.314 e. The molecule has 19 heavy (non-hydrogen) atoms. The first kappa shape index (κ1) is 14.5. The summed E-state index contributed by atoms with van der Waals surface area (Å²) in [6.07, 6.45) is 0.750. The largest absolute Gasteiger partial charge is 0.314 e. The molecule has 1 aliphatic rings. The van der Waals surface area contributed by atoms with Gasteiger partial charge in [0.1, 0.15) is 5.82 Å². The molecule has 1 atom stereocenters. The zero-order valence-electron chi connectivity index (χ0n) is 12.8. The van der Waals surface area contributed by atoms with Gasteiger partial charge in [0.15, 0.2) is 0 Å². The van der Waals surface area contributed by atoms with E-state index in [0.29, 0.717) is 22.8 Å². The molecule has 1 aromatic rings. The van der Waals surface area contributed by atoms with Crippen LogP contribution in [0.15, 0.2) is 24.3 Å². The van der Waals surface area contributed by atoms with E-state index in [9.17, 15) is 4.39 Å². The molecule has 0 radical (unpaired) electrons. The van der Waals surface area contributed by atoms with Gasteiger partial charge in [-0.3, -0.25) is 0 Å². The highest BCUT2D eigenvalue weighted by molar-refractivity contribution is 5.18. The molecule has 2 rings (SSSR count). The standard InChI is InChI=1S/C17H26FN/c1-12(10-13-8-6-7-9-14(13)18)19-11-15-16(2,3)17(15,4)5/h6-9,12,15,19H,10-11H2,1-5H3. The number of halogens is 1. The van der Waals surface area contributed by atoms with Gasteiger partial charge in [-0.1, -0.05) is 45.9 Å². The van der Waals surface area contributed by atoms with E-state index in [1.807, 2.05) is 12.1 Å². The van der Waals surface area contributed by atoms with Gasteiger partial charge >= 0.3 is 0 Å². The summed E-state index contributed by atoms with van der Waals surface area (Å²) in [7, 11) is 0. The first-order chi connectivity index (χ1) is 8.76. The van der Waals surface area contributed by atoms with Crippen LogP contribution in [-0.2, 0) is 6.42 Å². The molecule has 1 fully saturated rings. The topological polar surface area (TPSA) is 12.0 Å². The van der Waals surface area contributed by atoms with Crippen LogP contribution in [-0.4, -0.2) is 12.6 Å². The van der Waals surface area contributed by atoms with Gasteiger partial charge in [0, 0.05) is 6.04 Å². The molecule has 0 bridgehead atoms. The lowest BCUT2D eigenvalue weighted by Crippen LogP contribution is -2.31. The van der Waals surface area contributed by atoms with E-state index in [4.69, 9.17) is 0 Å². The smallest absolute Gasteiger partial charge is 0.126 e. The number of rotatable bonds is 5. The summed E-state index contributed by atoms with van der Waals surface area (Å²) < 4.78 is 13.6. The molecule has 1 nitrogen and oxygen atoms in total. The summed E-state index contributed by atoms with van der Waals surface area (Å²) >= 11 is 0. The first-order valence-electron chi connectivity index (χ1n) is 7.23. The predicted molar refractivity (Wildman–Crippen MR) is 78.6 cm³/mol. The molecule has 1 unspecified atom stereocenters. The Hall–Kier alpha value is -0.890. The highest BCUT2D eigenvalue weighted by atomic mass is 19.1. The molecule has 0 spiro atoms. The Kier molecular flexibility index (Phi) is 3.74. The maximum Gasteiger partial charge on any atom is 0.126 e. The van der Waals surface area contributed by atoms with Crippen LogP contribution in [0.25, 0.3) is 0 Å². The number of nitrogens with one attached hydrogen (secondary N) is 1. The van der Waals surface area contributed by atoms with Gasteiger partial charge in [0.2, 0.25) is 0 Å². The van der Waals surface area contributed by atoms with Crippen molar-refractivity contribution in [2.75, 3.05) is 6.54 Å². The molecule has 0 saturated heterocycles. The van der Waals surface area contributed by atoms with E-state index in [0.717, 1.165) is 18.5 Å². The summed E-state index contributed by atoms with van der Waals surface area (Å²) in [4.78, 5) is 0. The maximum atomic E-state index is 13.6. The monoisotopic (exact) mass is 263 g/mol. The molecular formula is C17H26FN.